The fraction of sp³-hybridized carbons (Fsp3) is 0.800. The molecule has 0 aromatic heterocycles. The highest BCUT2D eigenvalue weighted by Gasteiger charge is 2.09. The SMILES string of the molecule is O.O.O.O=C([O-])N1CC[NH2+]CC1. The van der Waals surface area contributed by atoms with Crippen LogP contribution < -0.4 is 10.4 Å². The van der Waals surface area contributed by atoms with Gasteiger partial charge in [-0.25, -0.2) is 0 Å². The zero-order valence-corrected chi connectivity index (χ0v) is 6.67. The van der Waals surface area contributed by atoms with Crippen molar-refractivity contribution < 1.29 is 31.6 Å². The summed E-state index contributed by atoms with van der Waals surface area (Å²) < 4.78 is 0. The highest BCUT2D eigenvalue weighted by Crippen LogP contribution is 1.84. The highest BCUT2D eigenvalue weighted by molar-refractivity contribution is 5.62. The van der Waals surface area contributed by atoms with Crippen LogP contribution in [-0.2, 0) is 0 Å². The molecule has 1 aliphatic rings. The van der Waals surface area contributed by atoms with Gasteiger partial charge < -0.3 is 36.5 Å². The van der Waals surface area contributed by atoms with E-state index in [2.05, 4.69) is 5.32 Å². The van der Waals surface area contributed by atoms with Crippen LogP contribution in [-0.4, -0.2) is 53.6 Å². The molecule has 7 nitrogen and oxygen atoms in total. The summed E-state index contributed by atoms with van der Waals surface area (Å²) in [6.07, 6.45) is -1.04. The van der Waals surface area contributed by atoms with Crippen LogP contribution in [0.5, 0.6) is 0 Å². The number of quaternary nitrogens is 1. The summed E-state index contributed by atoms with van der Waals surface area (Å²) in [7, 11) is 0. The molecule has 1 amide bonds. The largest absolute Gasteiger partial charge is 0.530 e. The molecule has 1 fully saturated rings. The van der Waals surface area contributed by atoms with Gasteiger partial charge >= 0.3 is 0 Å². The summed E-state index contributed by atoms with van der Waals surface area (Å²) in [6.45, 7) is 2.96. The second-order valence-electron chi connectivity index (χ2n) is 2.12. The maximum atomic E-state index is 10.2. The number of hydrogen-bond acceptors (Lipinski definition) is 2. The summed E-state index contributed by atoms with van der Waals surface area (Å²) in [4.78, 5) is 11.5. The fourth-order valence-electron chi connectivity index (χ4n) is 0.933. The lowest BCUT2D eigenvalue weighted by Gasteiger charge is -2.26. The van der Waals surface area contributed by atoms with Crippen LogP contribution in [0.25, 0.3) is 0 Å². The molecule has 1 aliphatic heterocycles. The van der Waals surface area contributed by atoms with E-state index in [0.717, 1.165) is 13.1 Å². The molecule has 1 rings (SSSR count). The number of nitrogens with zero attached hydrogens (tertiary/aromatic N) is 1. The van der Waals surface area contributed by atoms with Crippen molar-refractivity contribution in [3.63, 3.8) is 0 Å². The van der Waals surface area contributed by atoms with Gasteiger partial charge in [-0.3, -0.25) is 0 Å². The molecule has 0 radical (unpaired) electrons. The minimum absolute atomic E-state index is 0. The Kier molecular flexibility index (Phi) is 11.8. The van der Waals surface area contributed by atoms with Gasteiger partial charge in [-0.15, -0.1) is 0 Å². The van der Waals surface area contributed by atoms with E-state index in [9.17, 15) is 9.90 Å². The van der Waals surface area contributed by atoms with Crippen LogP contribution in [0.15, 0.2) is 0 Å². The van der Waals surface area contributed by atoms with Crippen molar-refractivity contribution in [3.05, 3.63) is 0 Å². The summed E-state index contributed by atoms with van der Waals surface area (Å²) in [5.41, 5.74) is 0. The van der Waals surface area contributed by atoms with E-state index in [4.69, 9.17) is 0 Å². The average Bonchev–Trinajstić information content (AvgIpc) is 1.90. The predicted octanol–water partition coefficient (Wildman–Crippen LogP) is -5.27. The molecule has 8 N–H and O–H groups in total. The van der Waals surface area contributed by atoms with Crippen molar-refractivity contribution in [3.8, 4) is 0 Å². The number of carbonyl (C=O) groups excluding carboxylic acids is 1. The molecule has 7 heteroatoms. The van der Waals surface area contributed by atoms with E-state index in [0.29, 0.717) is 13.1 Å². The third-order valence-corrected chi connectivity index (χ3v) is 1.46. The van der Waals surface area contributed by atoms with Gasteiger partial charge in [0.2, 0.25) is 0 Å². The maximum absolute atomic E-state index is 10.2. The summed E-state index contributed by atoms with van der Waals surface area (Å²) in [6, 6.07) is 0. The lowest BCUT2D eigenvalue weighted by atomic mass is 10.4. The zero-order chi connectivity index (χ0) is 6.69. The van der Waals surface area contributed by atoms with Crippen molar-refractivity contribution >= 4 is 6.09 Å². The Bertz CT molecular complexity index is 114. The van der Waals surface area contributed by atoms with Gasteiger partial charge in [0.25, 0.3) is 0 Å². The topological polar surface area (TPSA) is 154 Å². The van der Waals surface area contributed by atoms with Gasteiger partial charge in [0.1, 0.15) is 6.09 Å². The smallest absolute Gasteiger partial charge is 0.137 e. The molecule has 0 saturated carbocycles. The Morgan fingerprint density at radius 3 is 1.83 bits per heavy atom. The highest BCUT2D eigenvalue weighted by atomic mass is 16.4. The number of carbonyl (C=O) groups is 1. The van der Waals surface area contributed by atoms with Crippen molar-refractivity contribution in [1.29, 1.82) is 0 Å². The van der Waals surface area contributed by atoms with Crippen LogP contribution in [0.1, 0.15) is 0 Å². The zero-order valence-electron chi connectivity index (χ0n) is 6.67. The Morgan fingerprint density at radius 2 is 1.58 bits per heavy atom. The molecule has 0 atom stereocenters. The fourth-order valence-corrected chi connectivity index (χ4v) is 0.933. The van der Waals surface area contributed by atoms with E-state index < -0.39 is 6.09 Å². The first-order valence-electron chi connectivity index (χ1n) is 3.08. The molecule has 1 saturated heterocycles. The summed E-state index contributed by atoms with van der Waals surface area (Å²) in [5.74, 6) is 0. The van der Waals surface area contributed by atoms with Crippen molar-refractivity contribution in [2.75, 3.05) is 26.2 Å². The third kappa shape index (κ3) is 4.85. The number of rotatable bonds is 0. The van der Waals surface area contributed by atoms with Crippen LogP contribution >= 0.6 is 0 Å². The molecule has 0 aromatic carbocycles. The lowest BCUT2D eigenvalue weighted by Crippen LogP contribution is -2.90. The normalized spacial score (nSPS) is 14.8. The Morgan fingerprint density at radius 1 is 1.17 bits per heavy atom. The van der Waals surface area contributed by atoms with Crippen molar-refractivity contribution in [2.45, 2.75) is 0 Å². The standard InChI is InChI=1S/C5H10N2O2.3H2O/c8-5(9)7-3-1-6-2-4-7;;;/h6H,1-4H2,(H,8,9);3*1H2. The van der Waals surface area contributed by atoms with E-state index >= 15 is 0 Å². The number of hydrogen-bond donors (Lipinski definition) is 1. The first-order chi connectivity index (χ1) is 4.30. The quantitative estimate of drug-likeness (QED) is 0.399. The molecule has 0 spiro atoms. The minimum Gasteiger partial charge on any atom is -0.530 e. The predicted molar refractivity (Wildman–Crippen MR) is 39.5 cm³/mol. The number of nitrogens with two attached hydrogens (primary N) is 1. The molecule has 0 aliphatic carbocycles. The Hall–Kier alpha value is -0.890. The van der Waals surface area contributed by atoms with E-state index in [-0.39, 0.29) is 16.4 Å². The van der Waals surface area contributed by atoms with E-state index in [1.54, 1.807) is 0 Å². The number of piperazine rings is 1. The molecule has 76 valence electrons. The second kappa shape index (κ2) is 8.21. The molecular formula is C5H16N2O5. The minimum atomic E-state index is -1.04. The molecule has 1 heterocycles. The first kappa shape index (κ1) is 17.3. The van der Waals surface area contributed by atoms with Gasteiger partial charge in [-0.05, 0) is 0 Å². The van der Waals surface area contributed by atoms with Gasteiger partial charge in [-0.2, -0.15) is 0 Å². The third-order valence-electron chi connectivity index (χ3n) is 1.46. The summed E-state index contributed by atoms with van der Waals surface area (Å²) >= 11 is 0. The molecule has 0 unspecified atom stereocenters. The van der Waals surface area contributed by atoms with Crippen molar-refractivity contribution in [1.82, 2.24) is 4.90 Å². The Balaban J connectivity index is -0.000000270. The van der Waals surface area contributed by atoms with E-state index in [1.165, 1.54) is 4.90 Å². The molecule has 12 heavy (non-hydrogen) atoms. The monoisotopic (exact) mass is 184 g/mol. The summed E-state index contributed by atoms with van der Waals surface area (Å²) in [5, 5.41) is 12.3. The first-order valence-corrected chi connectivity index (χ1v) is 3.08. The van der Waals surface area contributed by atoms with E-state index in [1.807, 2.05) is 0 Å². The van der Waals surface area contributed by atoms with Gasteiger partial charge in [0.15, 0.2) is 0 Å². The maximum Gasteiger partial charge on any atom is 0.137 e. The van der Waals surface area contributed by atoms with Gasteiger partial charge in [0, 0.05) is 0 Å². The van der Waals surface area contributed by atoms with Crippen molar-refractivity contribution in [2.24, 2.45) is 0 Å². The van der Waals surface area contributed by atoms with Crippen LogP contribution in [0.3, 0.4) is 0 Å². The molecular weight excluding hydrogens is 168 g/mol. The van der Waals surface area contributed by atoms with Gasteiger partial charge in [0.05, 0.1) is 26.2 Å². The second-order valence-corrected chi connectivity index (χ2v) is 2.12. The average molecular weight is 184 g/mol. The lowest BCUT2D eigenvalue weighted by molar-refractivity contribution is -0.662. The van der Waals surface area contributed by atoms with Gasteiger partial charge in [-0.1, -0.05) is 0 Å². The molecule has 0 bridgehead atoms. The van der Waals surface area contributed by atoms with Crippen LogP contribution in [0.2, 0.25) is 0 Å². The number of carboxylic acid groups (broad SMARTS) is 1. The Labute approximate surface area is 69.9 Å². The van der Waals surface area contributed by atoms with Crippen LogP contribution in [0, 0.1) is 0 Å². The van der Waals surface area contributed by atoms with Crippen LogP contribution in [0.4, 0.5) is 4.79 Å². The molecule has 0 aromatic rings. The number of amides is 1.